The summed E-state index contributed by atoms with van der Waals surface area (Å²) in [5.41, 5.74) is 0. The first-order valence-corrected chi connectivity index (χ1v) is 4.58. The van der Waals surface area contributed by atoms with Crippen LogP contribution < -0.4 is 5.32 Å². The van der Waals surface area contributed by atoms with Gasteiger partial charge in [-0.2, -0.15) is 5.10 Å². The maximum Gasteiger partial charge on any atom is 0.200 e. The molecule has 5 nitrogen and oxygen atoms in total. The van der Waals surface area contributed by atoms with Crippen LogP contribution in [0.2, 0.25) is 0 Å². The van der Waals surface area contributed by atoms with Gasteiger partial charge in [0.05, 0.1) is 6.54 Å². The van der Waals surface area contributed by atoms with Crippen molar-refractivity contribution in [3.8, 4) is 0 Å². The molecule has 2 rings (SSSR count). The molecule has 1 unspecified atom stereocenters. The molecule has 0 aliphatic rings. The first-order chi connectivity index (χ1) is 6.84. The van der Waals surface area contributed by atoms with Crippen LogP contribution in [0.4, 0.5) is 5.95 Å². The van der Waals surface area contributed by atoms with E-state index in [0.29, 0.717) is 6.04 Å². The number of anilines is 1. The zero-order chi connectivity index (χ0) is 9.80. The lowest BCUT2D eigenvalue weighted by Gasteiger charge is -2.12. The third kappa shape index (κ3) is 2.12. The van der Waals surface area contributed by atoms with Crippen molar-refractivity contribution in [1.29, 1.82) is 0 Å². The topological polar surface area (TPSA) is 58.5 Å². The molecular weight excluding hydrogens is 178 g/mol. The van der Waals surface area contributed by atoms with Crippen molar-refractivity contribution < 1.29 is 0 Å². The van der Waals surface area contributed by atoms with Gasteiger partial charge >= 0.3 is 0 Å². The monoisotopic (exact) mass is 191 g/mol. The average molecular weight is 191 g/mol. The van der Waals surface area contributed by atoms with Gasteiger partial charge in [0.2, 0.25) is 0 Å². The van der Waals surface area contributed by atoms with Crippen LogP contribution in [0.5, 0.6) is 0 Å². The molecule has 2 heterocycles. The highest BCUT2D eigenvalue weighted by molar-refractivity contribution is 5.24. The van der Waals surface area contributed by atoms with Crippen LogP contribution in [0.3, 0.4) is 0 Å². The van der Waals surface area contributed by atoms with E-state index in [1.807, 2.05) is 16.9 Å². The van der Waals surface area contributed by atoms with Gasteiger partial charge in [0.25, 0.3) is 0 Å². The molecule has 1 atom stereocenters. The van der Waals surface area contributed by atoms with Crippen LogP contribution in [-0.2, 0) is 6.54 Å². The summed E-state index contributed by atoms with van der Waals surface area (Å²) in [5, 5.41) is 7.36. The number of rotatable bonds is 4. The molecule has 0 saturated carbocycles. The van der Waals surface area contributed by atoms with E-state index in [0.717, 1.165) is 12.5 Å². The highest BCUT2D eigenvalue weighted by Crippen LogP contribution is 2.00. The normalized spacial score (nSPS) is 12.6. The highest BCUT2D eigenvalue weighted by Gasteiger charge is 2.03. The summed E-state index contributed by atoms with van der Waals surface area (Å²) < 4.78 is 1.89. The molecule has 0 bridgehead atoms. The fourth-order valence-electron chi connectivity index (χ4n) is 1.31. The Morgan fingerprint density at radius 1 is 1.57 bits per heavy atom. The molecule has 0 aromatic carbocycles. The molecule has 5 heteroatoms. The van der Waals surface area contributed by atoms with E-state index in [-0.39, 0.29) is 0 Å². The Balaban J connectivity index is 1.88. The molecule has 0 fully saturated rings. The van der Waals surface area contributed by atoms with E-state index in [9.17, 15) is 0 Å². The standard InChI is InChI=1S/C9H13N5/c1-8(7-14-6-2-3-12-14)13-9-10-4-5-11-9/h2-6,8H,7H2,1H3,(H2,10,11,13). The van der Waals surface area contributed by atoms with Gasteiger partial charge in [0.15, 0.2) is 5.95 Å². The number of aromatic nitrogens is 4. The fourth-order valence-corrected chi connectivity index (χ4v) is 1.31. The number of nitrogens with one attached hydrogen (secondary N) is 2. The molecule has 0 radical (unpaired) electrons. The van der Waals surface area contributed by atoms with Crippen molar-refractivity contribution in [2.45, 2.75) is 19.5 Å². The Morgan fingerprint density at radius 2 is 2.50 bits per heavy atom. The highest BCUT2D eigenvalue weighted by atomic mass is 15.3. The van der Waals surface area contributed by atoms with Crippen LogP contribution in [0, 0.1) is 0 Å². The minimum absolute atomic E-state index is 0.293. The number of hydrogen-bond donors (Lipinski definition) is 2. The van der Waals surface area contributed by atoms with Gasteiger partial charge in [-0.3, -0.25) is 4.68 Å². The zero-order valence-electron chi connectivity index (χ0n) is 8.01. The van der Waals surface area contributed by atoms with E-state index in [4.69, 9.17) is 0 Å². The predicted octanol–water partition coefficient (Wildman–Crippen LogP) is 1.11. The van der Waals surface area contributed by atoms with Crippen molar-refractivity contribution in [3.05, 3.63) is 30.9 Å². The van der Waals surface area contributed by atoms with Gasteiger partial charge < -0.3 is 10.3 Å². The molecule has 0 saturated heterocycles. The first kappa shape index (κ1) is 8.80. The molecule has 2 N–H and O–H groups in total. The number of hydrogen-bond acceptors (Lipinski definition) is 3. The summed E-state index contributed by atoms with van der Waals surface area (Å²) in [7, 11) is 0. The number of imidazole rings is 1. The van der Waals surface area contributed by atoms with E-state index in [1.54, 1.807) is 18.6 Å². The first-order valence-electron chi connectivity index (χ1n) is 4.58. The Bertz CT molecular complexity index is 314. The molecule has 0 amide bonds. The Labute approximate surface area is 82.2 Å². The van der Waals surface area contributed by atoms with Crippen LogP contribution >= 0.6 is 0 Å². The summed E-state index contributed by atoms with van der Waals surface area (Å²) in [6, 6.07) is 2.21. The molecule has 14 heavy (non-hydrogen) atoms. The summed E-state index contributed by atoms with van der Waals surface area (Å²) in [4.78, 5) is 7.08. The molecule has 0 aliphatic carbocycles. The second-order valence-corrected chi connectivity index (χ2v) is 3.21. The minimum Gasteiger partial charge on any atom is -0.352 e. The zero-order valence-corrected chi connectivity index (χ0v) is 8.01. The Morgan fingerprint density at radius 3 is 3.14 bits per heavy atom. The Hall–Kier alpha value is -1.78. The summed E-state index contributed by atoms with van der Waals surface area (Å²) in [6.45, 7) is 2.91. The molecule has 74 valence electrons. The van der Waals surface area contributed by atoms with E-state index in [2.05, 4.69) is 27.3 Å². The van der Waals surface area contributed by atoms with E-state index < -0.39 is 0 Å². The summed E-state index contributed by atoms with van der Waals surface area (Å²) >= 11 is 0. The van der Waals surface area contributed by atoms with Crippen molar-refractivity contribution >= 4 is 5.95 Å². The lowest BCUT2D eigenvalue weighted by molar-refractivity contribution is 0.559. The van der Waals surface area contributed by atoms with Gasteiger partial charge in [-0.1, -0.05) is 0 Å². The minimum atomic E-state index is 0.293. The van der Waals surface area contributed by atoms with Gasteiger partial charge in [-0.15, -0.1) is 0 Å². The third-order valence-corrected chi connectivity index (χ3v) is 1.90. The van der Waals surface area contributed by atoms with Gasteiger partial charge in [0.1, 0.15) is 0 Å². The van der Waals surface area contributed by atoms with Gasteiger partial charge in [-0.05, 0) is 13.0 Å². The molecule has 0 aliphatic heterocycles. The number of H-pyrrole nitrogens is 1. The second-order valence-electron chi connectivity index (χ2n) is 3.21. The van der Waals surface area contributed by atoms with Crippen LogP contribution in [0.15, 0.2) is 30.9 Å². The molecule has 0 spiro atoms. The van der Waals surface area contributed by atoms with Crippen molar-refractivity contribution in [3.63, 3.8) is 0 Å². The van der Waals surface area contributed by atoms with Gasteiger partial charge in [0, 0.05) is 30.8 Å². The van der Waals surface area contributed by atoms with E-state index in [1.165, 1.54) is 0 Å². The maximum absolute atomic E-state index is 4.13. The SMILES string of the molecule is CC(Cn1cccn1)Nc1ncc[nH]1. The molecule has 2 aromatic rings. The maximum atomic E-state index is 4.13. The van der Waals surface area contributed by atoms with Crippen LogP contribution in [-0.4, -0.2) is 25.8 Å². The van der Waals surface area contributed by atoms with Gasteiger partial charge in [-0.25, -0.2) is 4.98 Å². The summed E-state index contributed by atoms with van der Waals surface area (Å²) in [5.74, 6) is 0.796. The summed E-state index contributed by atoms with van der Waals surface area (Å²) in [6.07, 6.45) is 7.24. The number of nitrogens with zero attached hydrogens (tertiary/aromatic N) is 3. The smallest absolute Gasteiger partial charge is 0.200 e. The Kier molecular flexibility index (Phi) is 2.48. The second kappa shape index (κ2) is 3.95. The lowest BCUT2D eigenvalue weighted by Crippen LogP contribution is -2.22. The fraction of sp³-hybridized carbons (Fsp3) is 0.333. The predicted molar refractivity (Wildman–Crippen MR) is 53.9 cm³/mol. The average Bonchev–Trinajstić information content (AvgIpc) is 2.76. The molecular formula is C9H13N5. The van der Waals surface area contributed by atoms with Crippen LogP contribution in [0.1, 0.15) is 6.92 Å². The van der Waals surface area contributed by atoms with E-state index >= 15 is 0 Å². The quantitative estimate of drug-likeness (QED) is 0.761. The van der Waals surface area contributed by atoms with Crippen molar-refractivity contribution in [2.75, 3.05) is 5.32 Å². The molecule has 2 aromatic heterocycles. The lowest BCUT2D eigenvalue weighted by atomic mass is 10.3. The van der Waals surface area contributed by atoms with Crippen molar-refractivity contribution in [2.24, 2.45) is 0 Å². The third-order valence-electron chi connectivity index (χ3n) is 1.90. The largest absolute Gasteiger partial charge is 0.352 e. The number of aromatic amines is 1. The van der Waals surface area contributed by atoms with Crippen molar-refractivity contribution in [1.82, 2.24) is 19.7 Å². The van der Waals surface area contributed by atoms with Crippen LogP contribution in [0.25, 0.3) is 0 Å².